The molecule has 13 rings (SSSR count). The Morgan fingerprint density at radius 3 is 2.36 bits per heavy atom. The lowest BCUT2D eigenvalue weighted by atomic mass is 9.67. The van der Waals surface area contributed by atoms with Crippen molar-refractivity contribution in [1.82, 2.24) is 9.97 Å². The molecular weight excluding hydrogens is 717 g/mol. The van der Waals surface area contributed by atoms with Crippen LogP contribution in [0.4, 0.5) is 0 Å². The Kier molecular flexibility index (Phi) is 7.27. The molecule has 290 valence electrons. The summed E-state index contributed by atoms with van der Waals surface area (Å²) in [7, 11) is 0. The van der Waals surface area contributed by atoms with Gasteiger partial charge in [0.05, 0.1) is 5.69 Å². The van der Waals surface area contributed by atoms with Crippen molar-refractivity contribution >= 4 is 11.1 Å². The largest absolute Gasteiger partial charge is 0.473 e. The number of fused-ring (bicyclic) bond motifs is 12. The second-order valence-electron chi connectivity index (χ2n) is 19.3. The smallest absolute Gasteiger partial charge is 0.221 e. The van der Waals surface area contributed by atoms with Gasteiger partial charge in [0.25, 0.3) is 0 Å². The van der Waals surface area contributed by atoms with Gasteiger partial charge in [0.2, 0.25) is 5.88 Å². The van der Waals surface area contributed by atoms with Crippen LogP contribution in [0.2, 0.25) is 0 Å². The fourth-order valence-corrected chi connectivity index (χ4v) is 13.0. The van der Waals surface area contributed by atoms with Gasteiger partial charge in [-0.15, -0.1) is 0 Å². The first-order chi connectivity index (χ1) is 29.0. The van der Waals surface area contributed by atoms with Crippen LogP contribution in [0.3, 0.4) is 0 Å². The molecule has 2 fully saturated rings. The summed E-state index contributed by atoms with van der Waals surface area (Å²) in [5, 5.41) is 0. The minimum atomic E-state index is 0.113. The average molecular weight is 767 g/mol. The van der Waals surface area contributed by atoms with E-state index in [1.807, 2.05) is 0 Å². The van der Waals surface area contributed by atoms with Crippen molar-refractivity contribution in [2.24, 2.45) is 17.8 Å². The van der Waals surface area contributed by atoms with Crippen LogP contribution >= 0.6 is 0 Å². The molecule has 59 heavy (non-hydrogen) atoms. The zero-order chi connectivity index (χ0) is 39.0. The second-order valence-corrected chi connectivity index (χ2v) is 19.3. The molecule has 6 unspecified atom stereocenters. The third kappa shape index (κ3) is 4.88. The monoisotopic (exact) mass is 766 g/mol. The summed E-state index contributed by atoms with van der Waals surface area (Å²) in [4.78, 5) is 10.6. The van der Waals surface area contributed by atoms with Gasteiger partial charge in [-0.05, 0) is 122 Å². The highest BCUT2D eigenvalue weighted by molar-refractivity contribution is 5.95. The first-order valence-electron chi connectivity index (χ1n) is 22.5. The molecule has 3 heteroatoms. The maximum atomic E-state index is 6.57. The van der Waals surface area contributed by atoms with Gasteiger partial charge in [0, 0.05) is 34.8 Å². The molecule has 1 spiro atoms. The van der Waals surface area contributed by atoms with E-state index in [1.54, 1.807) is 16.7 Å². The standard InChI is InChI=1S/C56H50N2O/c1-55(2)44-19-9-7-16-38(44)41-31-47-43(32-46(41)55)49-37(18-13-20-45(49)56(47)28-11-4-12-29-56)34-24-22-33(23-25-34)36-26-27-39-42(30-36)50(39)53-57-52(35-14-5-3-6-15-35)51-40-17-8-10-21-48(40)59-54(51)58-53/h3,5-10,13-16,18,20,22-27,30-32,39-40,42,44,48,50H,4,11-12,17,19,21,28-29H2,1-2H3. The van der Waals surface area contributed by atoms with Gasteiger partial charge >= 0.3 is 0 Å². The number of rotatable bonds is 4. The predicted octanol–water partition coefficient (Wildman–Crippen LogP) is 13.5. The fraction of sp³-hybridized carbons (Fsp3) is 0.321. The van der Waals surface area contributed by atoms with E-state index >= 15 is 0 Å². The van der Waals surface area contributed by atoms with Crippen LogP contribution in [0, 0.1) is 17.8 Å². The summed E-state index contributed by atoms with van der Waals surface area (Å²) in [5.74, 6) is 3.70. The van der Waals surface area contributed by atoms with E-state index in [0.717, 1.165) is 42.2 Å². The van der Waals surface area contributed by atoms with Gasteiger partial charge in [0.1, 0.15) is 11.9 Å². The number of hydrogen-bond acceptors (Lipinski definition) is 3. The highest BCUT2D eigenvalue weighted by Crippen LogP contribution is 2.63. The van der Waals surface area contributed by atoms with Crippen molar-refractivity contribution in [2.45, 2.75) is 94.0 Å². The number of hydrogen-bond donors (Lipinski definition) is 0. The number of benzene rings is 4. The van der Waals surface area contributed by atoms with Crippen molar-refractivity contribution < 1.29 is 4.74 Å². The van der Waals surface area contributed by atoms with Gasteiger partial charge in [-0.3, -0.25) is 0 Å². The summed E-state index contributed by atoms with van der Waals surface area (Å²) in [6, 6.07) is 32.7. The van der Waals surface area contributed by atoms with Gasteiger partial charge in [-0.2, -0.15) is 4.98 Å². The average Bonchev–Trinajstić information content (AvgIpc) is 3.71. The minimum absolute atomic E-state index is 0.113. The van der Waals surface area contributed by atoms with Crippen LogP contribution < -0.4 is 4.74 Å². The Morgan fingerprint density at radius 2 is 1.49 bits per heavy atom. The van der Waals surface area contributed by atoms with Gasteiger partial charge in [0.15, 0.2) is 0 Å². The third-order valence-corrected chi connectivity index (χ3v) is 16.1. The quantitative estimate of drug-likeness (QED) is 0.171. The van der Waals surface area contributed by atoms with Crippen LogP contribution in [0.15, 0.2) is 134 Å². The second kappa shape index (κ2) is 12.5. The van der Waals surface area contributed by atoms with E-state index < -0.39 is 0 Å². The van der Waals surface area contributed by atoms with Gasteiger partial charge in [-0.1, -0.05) is 155 Å². The van der Waals surface area contributed by atoms with E-state index in [-0.39, 0.29) is 22.9 Å². The molecule has 2 heterocycles. The molecule has 5 aromatic rings. The highest BCUT2D eigenvalue weighted by Gasteiger charge is 2.53. The maximum Gasteiger partial charge on any atom is 0.221 e. The molecule has 3 nitrogen and oxygen atoms in total. The Morgan fingerprint density at radius 1 is 0.678 bits per heavy atom. The lowest BCUT2D eigenvalue weighted by Crippen LogP contribution is -2.28. The number of ether oxygens (including phenoxy) is 1. The summed E-state index contributed by atoms with van der Waals surface area (Å²) < 4.78 is 6.57. The van der Waals surface area contributed by atoms with E-state index in [9.17, 15) is 0 Å². The molecule has 7 aliphatic carbocycles. The van der Waals surface area contributed by atoms with E-state index in [1.165, 1.54) is 82.2 Å². The highest BCUT2D eigenvalue weighted by atomic mass is 16.5. The van der Waals surface area contributed by atoms with Crippen molar-refractivity contribution in [3.63, 3.8) is 0 Å². The Labute approximate surface area is 348 Å². The molecule has 0 amide bonds. The zero-order valence-corrected chi connectivity index (χ0v) is 34.1. The molecule has 1 aromatic heterocycles. The molecule has 0 radical (unpaired) electrons. The van der Waals surface area contributed by atoms with E-state index in [4.69, 9.17) is 14.7 Å². The van der Waals surface area contributed by atoms with E-state index in [0.29, 0.717) is 23.7 Å². The Hall–Kier alpha value is -5.54. The molecule has 4 aromatic carbocycles. The Bertz CT molecular complexity index is 2750. The third-order valence-electron chi connectivity index (χ3n) is 16.1. The number of aromatic nitrogens is 2. The summed E-state index contributed by atoms with van der Waals surface area (Å²) >= 11 is 0. The molecule has 0 saturated heterocycles. The van der Waals surface area contributed by atoms with Crippen molar-refractivity contribution in [1.29, 1.82) is 0 Å². The number of nitrogens with zero attached hydrogens (tertiary/aromatic N) is 2. The SMILES string of the molecule is CC1(C)c2cc3c(cc2C2=CC=CCC21)C1(CCCCC1)c1cccc(-c2ccc(C4=CC5C(C=C4)C5c4nc5c(c(-c6ccccc6)n4)C4CC=CCC4O5)cc2)c1-3. The molecule has 0 N–H and O–H groups in total. The summed E-state index contributed by atoms with van der Waals surface area (Å²) in [5.41, 5.74) is 19.7. The first kappa shape index (κ1) is 34.3. The van der Waals surface area contributed by atoms with Crippen LogP contribution in [0.1, 0.15) is 116 Å². The van der Waals surface area contributed by atoms with Crippen LogP contribution in [-0.4, -0.2) is 16.1 Å². The van der Waals surface area contributed by atoms with Crippen molar-refractivity contribution in [2.75, 3.05) is 0 Å². The van der Waals surface area contributed by atoms with Gasteiger partial charge in [-0.25, -0.2) is 4.98 Å². The molecular formula is C56H50N2O. The zero-order valence-electron chi connectivity index (χ0n) is 34.1. The lowest BCUT2D eigenvalue weighted by Gasteiger charge is -2.36. The normalized spacial score (nSPS) is 27.7. The molecule has 2 saturated carbocycles. The van der Waals surface area contributed by atoms with Crippen molar-refractivity contribution in [3.05, 3.63) is 173 Å². The minimum Gasteiger partial charge on any atom is -0.473 e. The maximum absolute atomic E-state index is 6.57. The van der Waals surface area contributed by atoms with Crippen LogP contribution in [-0.2, 0) is 10.8 Å². The number of allylic oxidation sites excluding steroid dienone is 9. The van der Waals surface area contributed by atoms with E-state index in [2.05, 4.69) is 147 Å². The molecule has 0 bridgehead atoms. The van der Waals surface area contributed by atoms with Crippen LogP contribution in [0.25, 0.3) is 44.7 Å². The topological polar surface area (TPSA) is 35.0 Å². The molecule has 1 aliphatic heterocycles. The fourth-order valence-electron chi connectivity index (χ4n) is 13.0. The summed E-state index contributed by atoms with van der Waals surface area (Å²) in [6.45, 7) is 4.97. The Balaban J connectivity index is 0.842. The van der Waals surface area contributed by atoms with Crippen molar-refractivity contribution in [3.8, 4) is 39.4 Å². The molecule has 8 aliphatic rings. The lowest BCUT2D eigenvalue weighted by molar-refractivity contribution is 0.197. The summed E-state index contributed by atoms with van der Waals surface area (Å²) in [6.07, 6.45) is 28.5. The molecule has 6 atom stereocenters. The van der Waals surface area contributed by atoms with Crippen LogP contribution in [0.5, 0.6) is 5.88 Å². The van der Waals surface area contributed by atoms with Gasteiger partial charge < -0.3 is 4.74 Å². The predicted molar refractivity (Wildman–Crippen MR) is 239 cm³/mol. The first-order valence-corrected chi connectivity index (χ1v) is 22.5.